The number of hydrogen-bond donors (Lipinski definition) is 2. The number of carbonyl (C=O) groups is 2. The first-order valence-corrected chi connectivity index (χ1v) is 14.5. The molecule has 3 heterocycles. The fourth-order valence-corrected chi connectivity index (χ4v) is 6.26. The van der Waals surface area contributed by atoms with Crippen LogP contribution in [0.4, 0.5) is 5.69 Å². The second-order valence-corrected chi connectivity index (χ2v) is 11.2. The van der Waals surface area contributed by atoms with Gasteiger partial charge in [0.1, 0.15) is 0 Å². The SMILES string of the molecule is O=C([C@H](O)c1ccccc1)N1CCC(OC2CCN(c3ccc(C(=O)N4CCC[C@H]4CO)c(Cl)c3)CC2)CC1. The summed E-state index contributed by atoms with van der Waals surface area (Å²) in [4.78, 5) is 31.5. The van der Waals surface area contributed by atoms with Crippen LogP contribution in [0.15, 0.2) is 48.5 Å². The van der Waals surface area contributed by atoms with E-state index in [4.69, 9.17) is 16.3 Å². The van der Waals surface area contributed by atoms with Gasteiger partial charge in [0.15, 0.2) is 6.10 Å². The van der Waals surface area contributed by atoms with Crippen LogP contribution in [0.3, 0.4) is 0 Å². The van der Waals surface area contributed by atoms with Gasteiger partial charge in [-0.3, -0.25) is 9.59 Å². The number of hydrogen-bond acceptors (Lipinski definition) is 6. The number of carbonyl (C=O) groups excluding carboxylic acids is 2. The van der Waals surface area contributed by atoms with E-state index in [9.17, 15) is 19.8 Å². The van der Waals surface area contributed by atoms with E-state index in [1.165, 1.54) is 0 Å². The van der Waals surface area contributed by atoms with Crippen molar-refractivity contribution in [3.05, 3.63) is 64.7 Å². The number of aliphatic hydroxyl groups is 2. The molecule has 0 saturated carbocycles. The Kier molecular flexibility index (Phi) is 9.07. The molecule has 2 amide bonds. The van der Waals surface area contributed by atoms with E-state index in [2.05, 4.69) is 4.90 Å². The second-order valence-electron chi connectivity index (χ2n) is 10.8. The quantitative estimate of drug-likeness (QED) is 0.542. The highest BCUT2D eigenvalue weighted by atomic mass is 35.5. The highest BCUT2D eigenvalue weighted by Gasteiger charge is 2.32. The van der Waals surface area contributed by atoms with E-state index >= 15 is 0 Å². The van der Waals surface area contributed by atoms with Gasteiger partial charge in [0.05, 0.1) is 35.4 Å². The molecule has 210 valence electrons. The van der Waals surface area contributed by atoms with E-state index in [0.717, 1.165) is 57.3 Å². The molecule has 3 aliphatic rings. The Balaban J connectivity index is 1.08. The van der Waals surface area contributed by atoms with Gasteiger partial charge in [-0.2, -0.15) is 0 Å². The Bertz CT molecular complexity index is 1130. The van der Waals surface area contributed by atoms with Crippen molar-refractivity contribution < 1.29 is 24.5 Å². The number of aliphatic hydroxyl groups excluding tert-OH is 2. The highest BCUT2D eigenvalue weighted by Crippen LogP contribution is 2.30. The first kappa shape index (κ1) is 27.9. The van der Waals surface area contributed by atoms with E-state index in [0.29, 0.717) is 35.8 Å². The van der Waals surface area contributed by atoms with E-state index in [1.54, 1.807) is 28.0 Å². The molecule has 5 rings (SSSR count). The molecular formula is C30H38ClN3O5. The standard InChI is InChI=1S/C30H38ClN3O5/c31-27-19-22(8-9-26(27)29(37)34-14-4-7-23(34)20-35)32-15-10-24(11-16-32)39-25-12-17-33(18-13-25)30(38)28(36)21-5-2-1-3-6-21/h1-3,5-6,8-9,19,23-25,28,35-36H,4,7,10-18,20H2/t23-,28+/m0/s1. The van der Waals surface area contributed by atoms with Crippen molar-refractivity contribution in [3.63, 3.8) is 0 Å². The summed E-state index contributed by atoms with van der Waals surface area (Å²) in [6.07, 6.45) is 4.23. The molecule has 2 atom stereocenters. The van der Waals surface area contributed by atoms with Gasteiger partial charge >= 0.3 is 0 Å². The fraction of sp³-hybridized carbons (Fsp3) is 0.533. The smallest absolute Gasteiger partial charge is 0.256 e. The third kappa shape index (κ3) is 6.40. The maximum atomic E-state index is 13.0. The van der Waals surface area contributed by atoms with Crippen molar-refractivity contribution in [1.82, 2.24) is 9.80 Å². The Morgan fingerprint density at radius 2 is 1.59 bits per heavy atom. The minimum Gasteiger partial charge on any atom is -0.394 e. The number of piperidine rings is 2. The number of benzene rings is 2. The number of likely N-dealkylation sites (tertiary alicyclic amines) is 2. The summed E-state index contributed by atoms with van der Waals surface area (Å²) >= 11 is 6.55. The zero-order valence-corrected chi connectivity index (χ0v) is 23.0. The lowest BCUT2D eigenvalue weighted by Gasteiger charge is -2.38. The van der Waals surface area contributed by atoms with E-state index in [-0.39, 0.29) is 36.7 Å². The highest BCUT2D eigenvalue weighted by molar-refractivity contribution is 6.34. The number of rotatable bonds is 7. The number of anilines is 1. The third-order valence-electron chi connectivity index (χ3n) is 8.33. The molecule has 3 saturated heterocycles. The minimum absolute atomic E-state index is 0.0208. The van der Waals surface area contributed by atoms with Crippen molar-refractivity contribution in [2.75, 3.05) is 44.2 Å². The summed E-state index contributed by atoms with van der Waals surface area (Å²) in [6, 6.07) is 14.6. The maximum Gasteiger partial charge on any atom is 0.256 e. The first-order chi connectivity index (χ1) is 18.9. The van der Waals surface area contributed by atoms with Gasteiger partial charge in [0, 0.05) is 38.4 Å². The molecule has 2 aromatic carbocycles. The number of amides is 2. The molecule has 0 bridgehead atoms. The first-order valence-electron chi connectivity index (χ1n) is 14.1. The van der Waals surface area contributed by atoms with Gasteiger partial charge in [0.2, 0.25) is 0 Å². The minimum atomic E-state index is -1.12. The molecule has 9 heteroatoms. The third-order valence-corrected chi connectivity index (χ3v) is 8.64. The molecule has 0 radical (unpaired) electrons. The van der Waals surface area contributed by atoms with E-state index in [1.807, 2.05) is 30.3 Å². The molecular weight excluding hydrogens is 518 g/mol. The van der Waals surface area contributed by atoms with Gasteiger partial charge in [0.25, 0.3) is 11.8 Å². The lowest BCUT2D eigenvalue weighted by Crippen LogP contribution is -2.45. The molecule has 2 aromatic rings. The van der Waals surface area contributed by atoms with Crippen molar-refractivity contribution in [1.29, 1.82) is 0 Å². The van der Waals surface area contributed by atoms with Gasteiger partial charge < -0.3 is 29.6 Å². The lowest BCUT2D eigenvalue weighted by molar-refractivity contribution is -0.144. The van der Waals surface area contributed by atoms with Crippen LogP contribution >= 0.6 is 11.6 Å². The van der Waals surface area contributed by atoms with Gasteiger partial charge in [-0.15, -0.1) is 0 Å². The summed E-state index contributed by atoms with van der Waals surface area (Å²) in [5.41, 5.74) is 2.11. The van der Waals surface area contributed by atoms with Gasteiger partial charge in [-0.1, -0.05) is 41.9 Å². The summed E-state index contributed by atoms with van der Waals surface area (Å²) in [7, 11) is 0. The van der Waals surface area contributed by atoms with Gasteiger partial charge in [-0.05, 0) is 62.3 Å². The molecule has 3 aliphatic heterocycles. The average molecular weight is 556 g/mol. The van der Waals surface area contributed by atoms with Crippen LogP contribution in [-0.2, 0) is 9.53 Å². The molecule has 2 N–H and O–H groups in total. The van der Waals surface area contributed by atoms with Crippen molar-refractivity contribution in [2.24, 2.45) is 0 Å². The Labute approximate surface area is 235 Å². The van der Waals surface area contributed by atoms with Crippen LogP contribution < -0.4 is 4.90 Å². The van der Waals surface area contributed by atoms with Crippen molar-refractivity contribution in [3.8, 4) is 0 Å². The molecule has 39 heavy (non-hydrogen) atoms. The van der Waals surface area contributed by atoms with Crippen molar-refractivity contribution in [2.45, 2.75) is 62.9 Å². The van der Waals surface area contributed by atoms with Gasteiger partial charge in [-0.25, -0.2) is 0 Å². The van der Waals surface area contributed by atoms with Crippen LogP contribution in [0.1, 0.15) is 60.6 Å². The van der Waals surface area contributed by atoms with Crippen LogP contribution in [0.2, 0.25) is 5.02 Å². The monoisotopic (exact) mass is 555 g/mol. The number of ether oxygens (including phenoxy) is 1. The van der Waals surface area contributed by atoms with Crippen molar-refractivity contribution >= 4 is 29.1 Å². The molecule has 0 unspecified atom stereocenters. The molecule has 0 spiro atoms. The van der Waals surface area contributed by atoms with E-state index < -0.39 is 6.10 Å². The Morgan fingerprint density at radius 3 is 2.23 bits per heavy atom. The number of nitrogens with zero attached hydrogens (tertiary/aromatic N) is 3. The Hall–Kier alpha value is -2.65. The summed E-state index contributed by atoms with van der Waals surface area (Å²) < 4.78 is 6.42. The normalized spacial score (nSPS) is 21.8. The van der Waals surface area contributed by atoms with Crippen LogP contribution in [0.5, 0.6) is 0 Å². The lowest BCUT2D eigenvalue weighted by atomic mass is 10.0. The summed E-state index contributed by atoms with van der Waals surface area (Å²) in [6.45, 7) is 3.49. The summed E-state index contributed by atoms with van der Waals surface area (Å²) in [5, 5.41) is 20.5. The molecule has 3 fully saturated rings. The van der Waals surface area contributed by atoms with Crippen LogP contribution in [0.25, 0.3) is 0 Å². The zero-order chi connectivity index (χ0) is 27.4. The average Bonchev–Trinajstić information content (AvgIpc) is 3.46. The molecule has 8 nitrogen and oxygen atoms in total. The Morgan fingerprint density at radius 1 is 0.923 bits per heavy atom. The number of halogens is 1. The maximum absolute atomic E-state index is 13.0. The predicted molar refractivity (Wildman–Crippen MR) is 150 cm³/mol. The van der Waals surface area contributed by atoms with Crippen LogP contribution in [-0.4, -0.2) is 89.4 Å². The molecule has 0 aromatic heterocycles. The van der Waals surface area contributed by atoms with Crippen LogP contribution in [0, 0.1) is 0 Å². The second kappa shape index (κ2) is 12.7. The zero-order valence-electron chi connectivity index (χ0n) is 22.3. The predicted octanol–water partition coefficient (Wildman–Crippen LogP) is 3.65. The summed E-state index contributed by atoms with van der Waals surface area (Å²) in [5.74, 6) is -0.356. The largest absolute Gasteiger partial charge is 0.394 e. The topological polar surface area (TPSA) is 93.5 Å². The molecule has 0 aliphatic carbocycles. The fourth-order valence-electron chi connectivity index (χ4n) is 6.01.